The van der Waals surface area contributed by atoms with Crippen molar-refractivity contribution in [3.8, 4) is 11.5 Å². The monoisotopic (exact) mass is 402 g/mol. The summed E-state index contributed by atoms with van der Waals surface area (Å²) in [5.41, 5.74) is 0.333. The van der Waals surface area contributed by atoms with Crippen LogP contribution in [0.5, 0.6) is 11.5 Å². The molecule has 0 heterocycles. The molecule has 0 aliphatic heterocycles. The number of rotatable bonds is 4. The molecule has 8 heteroatoms. The SMILES string of the molecule is O=[N+]([O-])c1cc(N(O)O)ccc1C=Cc1ccc2c([O-])c3ccccc3c([O-])c2c1. The number of hydrogen-bond donors (Lipinski definition) is 2. The van der Waals surface area contributed by atoms with Gasteiger partial charge in [-0.05, 0) is 51.4 Å². The Kier molecular flexibility index (Phi) is 4.71. The van der Waals surface area contributed by atoms with Crippen LogP contribution in [0.1, 0.15) is 11.1 Å². The highest BCUT2D eigenvalue weighted by atomic mass is 16.8. The van der Waals surface area contributed by atoms with E-state index in [1.165, 1.54) is 18.2 Å². The first-order chi connectivity index (χ1) is 14.4. The van der Waals surface area contributed by atoms with E-state index in [-0.39, 0.29) is 39.0 Å². The molecular formula is C22H14N2O6-2. The van der Waals surface area contributed by atoms with Crippen LogP contribution in [0.4, 0.5) is 11.4 Å². The molecule has 0 atom stereocenters. The quantitative estimate of drug-likeness (QED) is 0.229. The molecule has 8 nitrogen and oxygen atoms in total. The molecule has 150 valence electrons. The Hall–Kier alpha value is -4.14. The lowest BCUT2D eigenvalue weighted by molar-refractivity contribution is -0.385. The van der Waals surface area contributed by atoms with E-state index < -0.39 is 4.92 Å². The van der Waals surface area contributed by atoms with Gasteiger partial charge in [0, 0.05) is 6.07 Å². The Morgan fingerprint density at radius 2 is 1.43 bits per heavy atom. The maximum atomic E-state index is 12.8. The molecule has 0 fully saturated rings. The third-order valence-electron chi connectivity index (χ3n) is 4.85. The molecule has 0 spiro atoms. The molecule has 4 rings (SSSR count). The molecular weight excluding hydrogens is 388 g/mol. The number of benzene rings is 4. The van der Waals surface area contributed by atoms with Gasteiger partial charge in [0.15, 0.2) is 0 Å². The molecule has 4 aromatic rings. The maximum absolute atomic E-state index is 12.8. The van der Waals surface area contributed by atoms with E-state index in [0.29, 0.717) is 21.7 Å². The maximum Gasteiger partial charge on any atom is 0.278 e. The zero-order valence-corrected chi connectivity index (χ0v) is 15.4. The van der Waals surface area contributed by atoms with Gasteiger partial charge >= 0.3 is 0 Å². The molecule has 0 bridgehead atoms. The molecule has 0 amide bonds. The lowest BCUT2D eigenvalue weighted by Crippen LogP contribution is -2.11. The van der Waals surface area contributed by atoms with E-state index in [1.807, 2.05) is 0 Å². The minimum Gasteiger partial charge on any atom is -0.872 e. The average Bonchev–Trinajstić information content (AvgIpc) is 2.75. The van der Waals surface area contributed by atoms with Crippen LogP contribution < -0.4 is 15.4 Å². The van der Waals surface area contributed by atoms with Crippen LogP contribution >= 0.6 is 0 Å². The van der Waals surface area contributed by atoms with E-state index in [2.05, 4.69) is 0 Å². The Balaban J connectivity index is 1.80. The highest BCUT2D eigenvalue weighted by Gasteiger charge is 2.14. The smallest absolute Gasteiger partial charge is 0.278 e. The lowest BCUT2D eigenvalue weighted by Gasteiger charge is -2.22. The second-order valence-electron chi connectivity index (χ2n) is 6.63. The fourth-order valence-electron chi connectivity index (χ4n) is 3.36. The van der Waals surface area contributed by atoms with Gasteiger partial charge in [0.25, 0.3) is 5.69 Å². The summed E-state index contributed by atoms with van der Waals surface area (Å²) in [7, 11) is 0. The zero-order chi connectivity index (χ0) is 21.4. The molecule has 0 radical (unpaired) electrons. The largest absolute Gasteiger partial charge is 0.872 e. The topological polar surface area (TPSA) is 133 Å². The Morgan fingerprint density at radius 3 is 2.07 bits per heavy atom. The van der Waals surface area contributed by atoms with Crippen LogP contribution in [0, 0.1) is 10.1 Å². The van der Waals surface area contributed by atoms with Crippen LogP contribution in [0.3, 0.4) is 0 Å². The molecule has 0 saturated carbocycles. The molecule has 0 aliphatic rings. The first-order valence-electron chi connectivity index (χ1n) is 8.83. The van der Waals surface area contributed by atoms with Crippen molar-refractivity contribution in [1.82, 2.24) is 0 Å². The van der Waals surface area contributed by atoms with Crippen LogP contribution in [-0.2, 0) is 0 Å². The summed E-state index contributed by atoms with van der Waals surface area (Å²) < 4.78 is 0. The van der Waals surface area contributed by atoms with Gasteiger partial charge in [-0.2, -0.15) is 0 Å². The van der Waals surface area contributed by atoms with Crippen molar-refractivity contribution in [3.05, 3.63) is 81.9 Å². The predicted molar refractivity (Wildman–Crippen MR) is 108 cm³/mol. The molecule has 0 unspecified atom stereocenters. The van der Waals surface area contributed by atoms with E-state index in [1.54, 1.807) is 48.5 Å². The molecule has 0 aromatic heterocycles. The number of hydrogen-bond acceptors (Lipinski definition) is 7. The number of anilines is 1. The summed E-state index contributed by atoms with van der Waals surface area (Å²) in [6.45, 7) is 0. The van der Waals surface area contributed by atoms with Crippen LogP contribution in [0.25, 0.3) is 33.7 Å². The molecule has 0 saturated heterocycles. The Labute approximate surface area is 169 Å². The van der Waals surface area contributed by atoms with Gasteiger partial charge < -0.3 is 10.2 Å². The summed E-state index contributed by atoms with van der Waals surface area (Å²) in [5.74, 6) is -0.476. The first-order valence-corrected chi connectivity index (χ1v) is 8.83. The number of fused-ring (bicyclic) bond motifs is 2. The van der Waals surface area contributed by atoms with Gasteiger partial charge in [-0.15, -0.1) is 5.23 Å². The van der Waals surface area contributed by atoms with Gasteiger partial charge in [0.2, 0.25) is 0 Å². The number of nitro benzene ring substituents is 1. The fourth-order valence-corrected chi connectivity index (χ4v) is 3.36. The summed E-state index contributed by atoms with van der Waals surface area (Å²) in [6, 6.07) is 15.1. The van der Waals surface area contributed by atoms with Crippen LogP contribution in [0.15, 0.2) is 60.7 Å². The second kappa shape index (κ2) is 7.36. The van der Waals surface area contributed by atoms with Crippen molar-refractivity contribution in [2.75, 3.05) is 5.23 Å². The van der Waals surface area contributed by atoms with E-state index in [4.69, 9.17) is 10.4 Å². The minimum atomic E-state index is -0.640. The second-order valence-corrected chi connectivity index (χ2v) is 6.63. The summed E-state index contributed by atoms with van der Waals surface area (Å²) in [6.07, 6.45) is 3.06. The van der Waals surface area contributed by atoms with Crippen LogP contribution in [0.2, 0.25) is 0 Å². The standard InChI is InChI=1S/C22H16N2O6/c25-21-16-3-1-2-4-17(16)22(26)19-11-13(6-10-18(19)21)5-7-14-8-9-15(23(27)28)12-20(14)24(29)30/h1-12,25-28H/p-2. The summed E-state index contributed by atoms with van der Waals surface area (Å²) >= 11 is 0. The fraction of sp³-hybridized carbons (Fsp3) is 0. The van der Waals surface area contributed by atoms with Crippen LogP contribution in [-0.4, -0.2) is 15.3 Å². The Bertz CT molecular complexity index is 1330. The van der Waals surface area contributed by atoms with Crippen molar-refractivity contribution < 1.29 is 25.6 Å². The third-order valence-corrected chi connectivity index (χ3v) is 4.85. The van der Waals surface area contributed by atoms with Crippen molar-refractivity contribution in [1.29, 1.82) is 0 Å². The van der Waals surface area contributed by atoms with Gasteiger partial charge in [-0.25, -0.2) is 0 Å². The van der Waals surface area contributed by atoms with Crippen molar-refractivity contribution >= 4 is 45.1 Å². The van der Waals surface area contributed by atoms with Crippen molar-refractivity contribution in [2.45, 2.75) is 0 Å². The summed E-state index contributed by atoms with van der Waals surface area (Å²) in [5, 5.41) is 56.0. The highest BCUT2D eigenvalue weighted by Crippen LogP contribution is 2.39. The normalized spacial score (nSPS) is 11.4. The van der Waals surface area contributed by atoms with E-state index in [9.17, 15) is 20.3 Å². The van der Waals surface area contributed by atoms with Gasteiger partial charge in [-0.1, -0.05) is 54.0 Å². The molecule has 0 aliphatic carbocycles. The Morgan fingerprint density at radius 1 is 0.800 bits per heavy atom. The average molecular weight is 402 g/mol. The number of nitrogens with zero attached hydrogens (tertiary/aromatic N) is 2. The van der Waals surface area contributed by atoms with Gasteiger partial charge in [0.1, 0.15) is 5.69 Å². The van der Waals surface area contributed by atoms with E-state index >= 15 is 0 Å². The minimum absolute atomic E-state index is 0.157. The van der Waals surface area contributed by atoms with Crippen molar-refractivity contribution in [2.24, 2.45) is 0 Å². The van der Waals surface area contributed by atoms with Crippen molar-refractivity contribution in [3.63, 3.8) is 0 Å². The van der Waals surface area contributed by atoms with Gasteiger partial charge in [0.05, 0.1) is 10.5 Å². The third kappa shape index (κ3) is 3.26. The molecule has 30 heavy (non-hydrogen) atoms. The highest BCUT2D eigenvalue weighted by molar-refractivity contribution is 6.10. The lowest BCUT2D eigenvalue weighted by atomic mass is 9.98. The summed E-state index contributed by atoms with van der Waals surface area (Å²) in [4.78, 5) is 10.7. The zero-order valence-electron chi connectivity index (χ0n) is 15.4. The molecule has 2 N–H and O–H groups in total. The first kappa shape index (κ1) is 19.2. The predicted octanol–water partition coefficient (Wildman–Crippen LogP) is 3.80. The number of nitro groups is 1. The van der Waals surface area contributed by atoms with Gasteiger partial charge in [-0.3, -0.25) is 20.5 Å². The van der Waals surface area contributed by atoms with E-state index in [0.717, 1.165) is 6.07 Å². The molecule has 4 aromatic carbocycles.